The molecule has 3 aromatic rings. The van der Waals surface area contributed by atoms with Gasteiger partial charge in [-0.2, -0.15) is 5.10 Å². The van der Waals surface area contributed by atoms with Gasteiger partial charge in [0.2, 0.25) is 0 Å². The van der Waals surface area contributed by atoms with Crippen molar-refractivity contribution in [3.8, 4) is 5.69 Å². The number of carbonyl (C=O) groups is 1. The van der Waals surface area contributed by atoms with Crippen molar-refractivity contribution in [2.75, 3.05) is 6.54 Å². The Morgan fingerprint density at radius 1 is 1.13 bits per heavy atom. The second-order valence-electron chi connectivity index (χ2n) is 8.13. The number of benzene rings is 1. The Hall–Kier alpha value is -2.67. The number of hydrogen-bond donors (Lipinski definition) is 0. The van der Waals surface area contributed by atoms with Crippen LogP contribution in [0.1, 0.15) is 65.8 Å². The zero-order valence-corrected chi connectivity index (χ0v) is 17.8. The van der Waals surface area contributed by atoms with Crippen LogP contribution in [-0.2, 0) is 13.0 Å². The van der Waals surface area contributed by atoms with Gasteiger partial charge in [-0.05, 0) is 50.8 Å². The van der Waals surface area contributed by atoms with Crippen LogP contribution in [0.15, 0.2) is 30.5 Å². The number of carbonyl (C=O) groups excluding carboxylic acids is 1. The summed E-state index contributed by atoms with van der Waals surface area (Å²) in [4.78, 5) is 15.5. The highest BCUT2D eigenvalue weighted by atomic mass is 35.5. The Morgan fingerprint density at radius 3 is 2.90 bits per heavy atom. The summed E-state index contributed by atoms with van der Waals surface area (Å²) in [5, 5.41) is 14.1. The molecule has 1 amide bonds. The minimum atomic E-state index is -0.0224. The Labute approximate surface area is 180 Å². The molecule has 7 nitrogen and oxygen atoms in total. The Kier molecular flexibility index (Phi) is 5.06. The summed E-state index contributed by atoms with van der Waals surface area (Å²) in [6, 6.07) is 7.47. The fourth-order valence-corrected chi connectivity index (χ4v) is 4.86. The number of halogens is 1. The smallest absolute Gasteiger partial charge is 0.257 e. The topological polar surface area (TPSA) is 68.8 Å². The van der Waals surface area contributed by atoms with Crippen LogP contribution in [0.25, 0.3) is 5.69 Å². The normalized spacial score (nSPS) is 19.0. The quantitative estimate of drug-likeness (QED) is 0.633. The van der Waals surface area contributed by atoms with E-state index in [1.165, 1.54) is 6.42 Å². The van der Waals surface area contributed by atoms with Crippen LogP contribution in [0.3, 0.4) is 0 Å². The molecule has 0 radical (unpaired) electrons. The maximum Gasteiger partial charge on any atom is 0.257 e. The highest BCUT2D eigenvalue weighted by Crippen LogP contribution is 2.34. The number of fused-ring (bicyclic) bond motifs is 1. The molecule has 30 heavy (non-hydrogen) atoms. The third-order valence-electron chi connectivity index (χ3n) is 6.24. The summed E-state index contributed by atoms with van der Waals surface area (Å²) in [6.07, 6.45) is 8.05. The van der Waals surface area contributed by atoms with Crippen molar-refractivity contribution in [2.45, 2.75) is 58.0 Å². The van der Waals surface area contributed by atoms with Gasteiger partial charge in [0.25, 0.3) is 5.91 Å². The van der Waals surface area contributed by atoms with E-state index in [1.807, 2.05) is 36.1 Å². The third kappa shape index (κ3) is 3.31. The van der Waals surface area contributed by atoms with Crippen LogP contribution in [0.2, 0.25) is 5.02 Å². The first-order valence-electron chi connectivity index (χ1n) is 10.7. The van der Waals surface area contributed by atoms with Gasteiger partial charge < -0.3 is 9.47 Å². The van der Waals surface area contributed by atoms with E-state index in [-0.39, 0.29) is 11.9 Å². The van der Waals surface area contributed by atoms with E-state index in [9.17, 15) is 4.79 Å². The molecule has 1 aromatic carbocycles. The van der Waals surface area contributed by atoms with Gasteiger partial charge in [-0.3, -0.25) is 4.79 Å². The minimum absolute atomic E-state index is 0.00856. The van der Waals surface area contributed by atoms with Crippen LogP contribution in [0, 0.1) is 6.92 Å². The second kappa shape index (κ2) is 7.87. The molecule has 2 aliphatic rings. The van der Waals surface area contributed by atoms with E-state index < -0.39 is 0 Å². The van der Waals surface area contributed by atoms with Gasteiger partial charge >= 0.3 is 0 Å². The summed E-state index contributed by atoms with van der Waals surface area (Å²) >= 11 is 6.13. The molecule has 0 spiro atoms. The monoisotopic (exact) mass is 424 g/mol. The summed E-state index contributed by atoms with van der Waals surface area (Å²) in [5.41, 5.74) is 2.28. The van der Waals surface area contributed by atoms with E-state index in [0.717, 1.165) is 68.2 Å². The maximum atomic E-state index is 13.5. The lowest BCUT2D eigenvalue weighted by molar-refractivity contribution is 0.0726. The maximum absolute atomic E-state index is 13.5. The molecule has 4 heterocycles. The van der Waals surface area contributed by atoms with Crippen LogP contribution < -0.4 is 0 Å². The lowest BCUT2D eigenvalue weighted by Gasteiger charge is -2.24. The van der Waals surface area contributed by atoms with Gasteiger partial charge in [-0.1, -0.05) is 24.1 Å². The van der Waals surface area contributed by atoms with Crippen molar-refractivity contribution in [1.29, 1.82) is 0 Å². The first-order chi connectivity index (χ1) is 14.6. The standard InChI is InChI=1S/C22H25ClN6O/c1-15-18(14-24-29(15)17-8-5-7-16(23)13-17)22(30)27-12-6-9-19(27)21-26-25-20-10-3-2-4-11-28(20)21/h5,7-8,13-14,19H,2-4,6,9-12H2,1H3/t19-/m1/s1. The van der Waals surface area contributed by atoms with Crippen molar-refractivity contribution in [3.05, 3.63) is 58.4 Å². The molecule has 1 saturated heterocycles. The molecular weight excluding hydrogens is 400 g/mol. The van der Waals surface area contributed by atoms with Crippen molar-refractivity contribution in [1.82, 2.24) is 29.4 Å². The molecule has 156 valence electrons. The largest absolute Gasteiger partial charge is 0.328 e. The molecule has 2 aliphatic heterocycles. The van der Waals surface area contributed by atoms with Crippen molar-refractivity contribution >= 4 is 17.5 Å². The van der Waals surface area contributed by atoms with Gasteiger partial charge in [0.15, 0.2) is 5.82 Å². The van der Waals surface area contributed by atoms with Gasteiger partial charge in [-0.15, -0.1) is 10.2 Å². The molecule has 2 aromatic heterocycles. The highest BCUT2D eigenvalue weighted by Gasteiger charge is 2.36. The number of aryl methyl sites for hydroxylation is 1. The summed E-state index contributed by atoms with van der Waals surface area (Å²) in [7, 11) is 0. The average Bonchev–Trinajstić information content (AvgIpc) is 3.42. The van der Waals surface area contributed by atoms with Crippen molar-refractivity contribution in [2.24, 2.45) is 0 Å². The summed E-state index contributed by atoms with van der Waals surface area (Å²) < 4.78 is 4.03. The Balaban J connectivity index is 1.45. The van der Waals surface area contributed by atoms with Gasteiger partial charge in [-0.25, -0.2) is 4.68 Å². The predicted octanol–water partition coefficient (Wildman–Crippen LogP) is 4.13. The van der Waals surface area contributed by atoms with E-state index in [4.69, 9.17) is 11.6 Å². The lowest BCUT2D eigenvalue weighted by atomic mass is 10.1. The highest BCUT2D eigenvalue weighted by molar-refractivity contribution is 6.30. The number of hydrogen-bond acceptors (Lipinski definition) is 4. The van der Waals surface area contributed by atoms with Crippen LogP contribution >= 0.6 is 11.6 Å². The molecule has 1 fully saturated rings. The number of likely N-dealkylation sites (tertiary alicyclic amines) is 1. The number of rotatable bonds is 3. The van der Waals surface area contributed by atoms with Gasteiger partial charge in [0.1, 0.15) is 5.82 Å². The molecule has 0 unspecified atom stereocenters. The first kappa shape index (κ1) is 19.3. The van der Waals surface area contributed by atoms with E-state index >= 15 is 0 Å². The molecule has 0 bridgehead atoms. The lowest BCUT2D eigenvalue weighted by Crippen LogP contribution is -2.32. The van der Waals surface area contributed by atoms with E-state index in [0.29, 0.717) is 10.6 Å². The minimum Gasteiger partial charge on any atom is -0.328 e. The van der Waals surface area contributed by atoms with Crippen molar-refractivity contribution in [3.63, 3.8) is 0 Å². The zero-order valence-electron chi connectivity index (χ0n) is 17.1. The fourth-order valence-electron chi connectivity index (χ4n) is 4.67. The van der Waals surface area contributed by atoms with E-state index in [1.54, 1.807) is 10.9 Å². The Morgan fingerprint density at radius 2 is 2.03 bits per heavy atom. The van der Waals surface area contributed by atoms with Crippen molar-refractivity contribution < 1.29 is 4.79 Å². The van der Waals surface area contributed by atoms with Gasteiger partial charge in [0.05, 0.1) is 29.2 Å². The molecule has 0 aliphatic carbocycles. The molecular formula is C22H25ClN6O. The zero-order chi connectivity index (χ0) is 20.7. The van der Waals surface area contributed by atoms with Crippen LogP contribution in [0.4, 0.5) is 0 Å². The fraction of sp³-hybridized carbons (Fsp3) is 0.455. The average molecular weight is 425 g/mol. The van der Waals surface area contributed by atoms with Crippen LogP contribution in [0.5, 0.6) is 0 Å². The number of amides is 1. The van der Waals surface area contributed by atoms with Gasteiger partial charge in [0, 0.05) is 24.5 Å². The van der Waals surface area contributed by atoms with Crippen LogP contribution in [-0.4, -0.2) is 41.9 Å². The SMILES string of the molecule is Cc1c(C(=O)N2CCC[C@@H]2c2nnc3n2CCCCC3)cnn1-c1cccc(Cl)c1. The first-order valence-corrected chi connectivity index (χ1v) is 11.0. The summed E-state index contributed by atoms with van der Waals surface area (Å²) in [5.74, 6) is 2.01. The Bertz CT molecular complexity index is 1090. The molecule has 0 N–H and O–H groups in total. The number of nitrogens with zero attached hydrogens (tertiary/aromatic N) is 6. The molecule has 8 heteroatoms. The third-order valence-corrected chi connectivity index (χ3v) is 6.48. The molecule has 0 saturated carbocycles. The summed E-state index contributed by atoms with van der Waals surface area (Å²) in [6.45, 7) is 3.60. The molecule has 1 atom stereocenters. The predicted molar refractivity (Wildman–Crippen MR) is 114 cm³/mol. The van der Waals surface area contributed by atoms with E-state index in [2.05, 4.69) is 19.9 Å². The molecule has 5 rings (SSSR count). The second-order valence-corrected chi connectivity index (χ2v) is 8.57. The number of aromatic nitrogens is 5.